The van der Waals surface area contributed by atoms with Crippen LogP contribution in [0.2, 0.25) is 0 Å². The van der Waals surface area contributed by atoms with Gasteiger partial charge in [-0.05, 0) is 36.2 Å². The third-order valence-corrected chi connectivity index (χ3v) is 3.88. The van der Waals surface area contributed by atoms with Crippen molar-refractivity contribution < 1.29 is 27.5 Å². The first-order chi connectivity index (χ1) is 12.8. The maximum atomic E-state index is 13.9. The molecular weight excluding hydrogens is 361 g/mol. The van der Waals surface area contributed by atoms with Gasteiger partial charge in [-0.3, -0.25) is 9.59 Å². The van der Waals surface area contributed by atoms with Gasteiger partial charge in [-0.1, -0.05) is 12.1 Å². The van der Waals surface area contributed by atoms with Crippen molar-refractivity contribution >= 4 is 17.5 Å². The normalized spacial score (nSPS) is 10.4. The molecule has 0 aliphatic carbocycles. The van der Waals surface area contributed by atoms with E-state index in [1.165, 1.54) is 0 Å². The number of hydrogen-bond acceptors (Lipinski definition) is 3. The number of benzene rings is 2. The molecule has 0 unspecified atom stereocenters. The van der Waals surface area contributed by atoms with Gasteiger partial charge in [0, 0.05) is 13.5 Å². The van der Waals surface area contributed by atoms with E-state index in [0.29, 0.717) is 18.2 Å². The predicted molar refractivity (Wildman–Crippen MR) is 94.1 cm³/mol. The van der Waals surface area contributed by atoms with Crippen LogP contribution < -0.4 is 15.0 Å². The molecule has 0 aliphatic heterocycles. The predicted octanol–water partition coefficient (Wildman–Crippen LogP) is 2.82. The van der Waals surface area contributed by atoms with Gasteiger partial charge in [0.2, 0.25) is 11.8 Å². The minimum absolute atomic E-state index is 0.289. The molecule has 2 rings (SSSR count). The quantitative estimate of drug-likeness (QED) is 0.752. The summed E-state index contributed by atoms with van der Waals surface area (Å²) >= 11 is 0. The third-order valence-electron chi connectivity index (χ3n) is 3.88. The average molecular weight is 380 g/mol. The molecule has 0 aromatic heterocycles. The number of carbonyl (C=O) groups excluding carboxylic acids is 2. The largest absolute Gasteiger partial charge is 0.497 e. The maximum Gasteiger partial charge on any atom is 0.240 e. The Morgan fingerprint density at radius 1 is 1.04 bits per heavy atom. The van der Waals surface area contributed by atoms with Gasteiger partial charge < -0.3 is 15.0 Å². The smallest absolute Gasteiger partial charge is 0.240 e. The summed E-state index contributed by atoms with van der Waals surface area (Å²) < 4.78 is 45.4. The molecule has 2 amide bonds. The molecule has 0 bridgehead atoms. The SMILES string of the molecule is COc1ccc(CCNC(=O)CN(C(C)=O)c2ccc(F)c(F)c2F)cc1. The second-order valence-electron chi connectivity index (χ2n) is 5.75. The average Bonchev–Trinajstić information content (AvgIpc) is 2.65. The molecule has 2 aromatic carbocycles. The fourth-order valence-corrected chi connectivity index (χ4v) is 2.43. The highest BCUT2D eigenvalue weighted by molar-refractivity contribution is 5.97. The van der Waals surface area contributed by atoms with Gasteiger partial charge in [0.05, 0.1) is 12.8 Å². The van der Waals surface area contributed by atoms with Gasteiger partial charge in [0.1, 0.15) is 12.3 Å². The van der Waals surface area contributed by atoms with Crippen LogP contribution in [0.5, 0.6) is 5.75 Å². The van der Waals surface area contributed by atoms with Crippen LogP contribution in [0.15, 0.2) is 36.4 Å². The molecule has 0 saturated carbocycles. The molecule has 5 nitrogen and oxygen atoms in total. The van der Waals surface area contributed by atoms with Crippen LogP contribution in [0.25, 0.3) is 0 Å². The molecule has 1 N–H and O–H groups in total. The number of nitrogens with zero attached hydrogens (tertiary/aromatic N) is 1. The Morgan fingerprint density at radius 2 is 1.70 bits per heavy atom. The van der Waals surface area contributed by atoms with Crippen molar-refractivity contribution in [3.05, 3.63) is 59.4 Å². The lowest BCUT2D eigenvalue weighted by Gasteiger charge is -2.21. The number of rotatable bonds is 7. The summed E-state index contributed by atoms with van der Waals surface area (Å²) in [5.41, 5.74) is 0.470. The Hall–Kier alpha value is -3.03. The standard InChI is InChI=1S/C19H19F3N2O3/c1-12(25)24(16-8-7-15(20)18(21)19(16)22)11-17(26)23-10-9-13-3-5-14(27-2)6-4-13/h3-8H,9-11H2,1-2H3,(H,23,26). The van der Waals surface area contributed by atoms with Crippen LogP contribution in [-0.4, -0.2) is 32.0 Å². The maximum absolute atomic E-state index is 13.9. The highest BCUT2D eigenvalue weighted by Gasteiger charge is 2.22. The van der Waals surface area contributed by atoms with Gasteiger partial charge >= 0.3 is 0 Å². The molecule has 27 heavy (non-hydrogen) atoms. The van der Waals surface area contributed by atoms with Crippen LogP contribution in [-0.2, 0) is 16.0 Å². The summed E-state index contributed by atoms with van der Waals surface area (Å²) in [6.45, 7) is 0.877. The zero-order valence-corrected chi connectivity index (χ0v) is 14.9. The topological polar surface area (TPSA) is 58.6 Å². The monoisotopic (exact) mass is 380 g/mol. The number of methoxy groups -OCH3 is 1. The summed E-state index contributed by atoms with van der Waals surface area (Å²) in [5, 5.41) is 2.61. The van der Waals surface area contributed by atoms with Crippen molar-refractivity contribution in [1.29, 1.82) is 0 Å². The minimum Gasteiger partial charge on any atom is -0.497 e. The van der Waals surface area contributed by atoms with Crippen molar-refractivity contribution in [2.45, 2.75) is 13.3 Å². The Bertz CT molecular complexity index is 826. The molecule has 0 spiro atoms. The van der Waals surface area contributed by atoms with Crippen LogP contribution in [0.1, 0.15) is 12.5 Å². The van der Waals surface area contributed by atoms with E-state index in [1.807, 2.05) is 12.1 Å². The lowest BCUT2D eigenvalue weighted by atomic mass is 10.1. The summed E-state index contributed by atoms with van der Waals surface area (Å²) in [4.78, 5) is 24.6. The van der Waals surface area contributed by atoms with Gasteiger partial charge in [-0.25, -0.2) is 13.2 Å². The second kappa shape index (κ2) is 9.07. The van der Waals surface area contributed by atoms with Gasteiger partial charge in [0.25, 0.3) is 0 Å². The van der Waals surface area contributed by atoms with Crippen molar-refractivity contribution in [1.82, 2.24) is 5.32 Å². The van der Waals surface area contributed by atoms with Gasteiger partial charge in [-0.15, -0.1) is 0 Å². The first kappa shape index (κ1) is 20.3. The Kier molecular flexibility index (Phi) is 6.81. The Morgan fingerprint density at radius 3 is 2.30 bits per heavy atom. The number of ether oxygens (including phenoxy) is 1. The van der Waals surface area contributed by atoms with E-state index in [0.717, 1.165) is 23.5 Å². The Balaban J connectivity index is 1.97. The Labute approximate surface area is 154 Å². The number of hydrogen-bond donors (Lipinski definition) is 1. The van der Waals surface area contributed by atoms with Gasteiger partial charge in [0.15, 0.2) is 17.5 Å². The highest BCUT2D eigenvalue weighted by atomic mass is 19.2. The zero-order valence-electron chi connectivity index (χ0n) is 14.9. The molecule has 0 aliphatic rings. The zero-order chi connectivity index (χ0) is 20.0. The summed E-state index contributed by atoms with van der Waals surface area (Å²) in [5.74, 6) is -5.10. The first-order valence-corrected chi connectivity index (χ1v) is 8.14. The summed E-state index contributed by atoms with van der Waals surface area (Å²) in [7, 11) is 1.56. The molecular formula is C19H19F3N2O3. The molecule has 2 aromatic rings. The van der Waals surface area contributed by atoms with E-state index in [4.69, 9.17) is 4.74 Å². The minimum atomic E-state index is -1.70. The van der Waals surface area contributed by atoms with Crippen LogP contribution in [0.4, 0.5) is 18.9 Å². The van der Waals surface area contributed by atoms with Crippen molar-refractivity contribution in [3.63, 3.8) is 0 Å². The lowest BCUT2D eigenvalue weighted by Crippen LogP contribution is -2.41. The van der Waals surface area contributed by atoms with E-state index in [9.17, 15) is 22.8 Å². The molecule has 0 radical (unpaired) electrons. The molecule has 0 atom stereocenters. The van der Waals surface area contributed by atoms with Crippen LogP contribution in [0, 0.1) is 17.5 Å². The summed E-state index contributed by atoms with van der Waals surface area (Å²) in [6.07, 6.45) is 0.537. The van der Waals surface area contributed by atoms with Crippen LogP contribution >= 0.6 is 0 Å². The molecule has 8 heteroatoms. The van der Waals surface area contributed by atoms with E-state index in [1.54, 1.807) is 19.2 Å². The fourth-order valence-electron chi connectivity index (χ4n) is 2.43. The molecule has 144 valence electrons. The number of halogens is 3. The highest BCUT2D eigenvalue weighted by Crippen LogP contribution is 2.23. The fraction of sp³-hybridized carbons (Fsp3) is 0.263. The molecule has 0 fully saturated rings. The number of carbonyl (C=O) groups is 2. The molecule has 0 heterocycles. The number of anilines is 1. The van der Waals surface area contributed by atoms with Gasteiger partial charge in [-0.2, -0.15) is 0 Å². The van der Waals surface area contributed by atoms with E-state index < -0.39 is 41.5 Å². The van der Waals surface area contributed by atoms with Crippen molar-refractivity contribution in [3.8, 4) is 5.75 Å². The lowest BCUT2D eigenvalue weighted by molar-refractivity contribution is -0.123. The first-order valence-electron chi connectivity index (χ1n) is 8.14. The number of amides is 2. The third kappa shape index (κ3) is 5.22. The van der Waals surface area contributed by atoms with Crippen molar-refractivity contribution in [2.75, 3.05) is 25.1 Å². The van der Waals surface area contributed by atoms with Crippen LogP contribution in [0.3, 0.4) is 0 Å². The van der Waals surface area contributed by atoms with E-state index in [2.05, 4.69) is 5.32 Å². The van der Waals surface area contributed by atoms with E-state index in [-0.39, 0.29) is 6.54 Å². The number of nitrogens with one attached hydrogen (secondary N) is 1. The second-order valence-corrected chi connectivity index (χ2v) is 5.75. The molecule has 0 saturated heterocycles. The van der Waals surface area contributed by atoms with E-state index >= 15 is 0 Å². The summed E-state index contributed by atoms with van der Waals surface area (Å²) in [6, 6.07) is 8.90. The van der Waals surface area contributed by atoms with Crippen molar-refractivity contribution in [2.24, 2.45) is 0 Å².